The van der Waals surface area contributed by atoms with Gasteiger partial charge in [-0.1, -0.05) is 51.1 Å². The zero-order valence-corrected chi connectivity index (χ0v) is 29.1. The molecule has 3 aromatic rings. The van der Waals surface area contributed by atoms with Crippen LogP contribution in [0.15, 0.2) is 72.9 Å². The van der Waals surface area contributed by atoms with Crippen molar-refractivity contribution in [2.24, 2.45) is 11.1 Å². The van der Waals surface area contributed by atoms with Gasteiger partial charge >= 0.3 is 0 Å². The molecule has 3 atom stereocenters. The molecule has 2 heterocycles. The van der Waals surface area contributed by atoms with E-state index in [4.69, 9.17) is 5.73 Å². The lowest BCUT2D eigenvalue weighted by atomic mass is 9.82. The molecular weight excluding hydrogens is 662 g/mol. The fraction of sp³-hybridized carbons (Fsp3) is 0.378. The van der Waals surface area contributed by atoms with Gasteiger partial charge in [-0.3, -0.25) is 28.9 Å². The Morgan fingerprint density at radius 1 is 0.961 bits per heavy atom. The summed E-state index contributed by atoms with van der Waals surface area (Å²) >= 11 is 0. The largest absolute Gasteiger partial charge is 0.384 e. The fourth-order valence-electron chi connectivity index (χ4n) is 5.93. The number of aliphatic hydroxyl groups is 1. The Morgan fingerprint density at radius 2 is 1.61 bits per heavy atom. The van der Waals surface area contributed by atoms with Crippen molar-refractivity contribution in [3.05, 3.63) is 95.8 Å². The predicted octanol–water partition coefficient (Wildman–Crippen LogP) is 2.65. The normalized spacial score (nSPS) is 14.7. The second-order valence-electron chi connectivity index (χ2n) is 13.5. The molecule has 5 amide bonds. The maximum absolute atomic E-state index is 15.0. The van der Waals surface area contributed by atoms with Crippen LogP contribution in [0, 0.1) is 17.0 Å². The number of amides is 5. The quantitative estimate of drug-likeness (QED) is 0.139. The van der Waals surface area contributed by atoms with Crippen molar-refractivity contribution in [3.63, 3.8) is 0 Å². The number of rotatable bonds is 15. The second-order valence-corrected chi connectivity index (χ2v) is 13.5. The zero-order valence-electron chi connectivity index (χ0n) is 29.1. The van der Waals surface area contributed by atoms with E-state index in [9.17, 15) is 33.5 Å². The zero-order chi connectivity index (χ0) is 37.5. The van der Waals surface area contributed by atoms with E-state index in [1.807, 2.05) is 55.7 Å². The molecule has 14 heteroatoms. The summed E-state index contributed by atoms with van der Waals surface area (Å²) in [5.74, 6) is -4.14. The van der Waals surface area contributed by atoms with E-state index < -0.39 is 71.3 Å². The number of nitrogens with zero attached hydrogens (tertiary/aromatic N) is 3. The van der Waals surface area contributed by atoms with Gasteiger partial charge in [-0.25, -0.2) is 8.78 Å². The Kier molecular flexibility index (Phi) is 12.6. The standard InChI is InChI=1S/C37H44F2N6O6/c1-23(46)36(51)44(17-14-29(40)35(50)42-16-15-41-31(47)22-45-32(48)12-13-33(45)49)34(37(2,3)4)30-18-25(27-19-26(38)10-11-28(27)39)21-43(30)20-24-8-6-5-7-9-24/h5-13,18-19,21,23,29,34,46H,14-17,20,22,40H2,1-4H3,(H,41,47)(H,42,50)/t23-,29-,34-/m0/s1. The summed E-state index contributed by atoms with van der Waals surface area (Å²) < 4.78 is 31.2. The van der Waals surface area contributed by atoms with Gasteiger partial charge in [0, 0.05) is 61.3 Å². The highest BCUT2D eigenvalue weighted by atomic mass is 19.1. The number of halogens is 2. The summed E-state index contributed by atoms with van der Waals surface area (Å²) in [6.07, 6.45) is 2.46. The van der Waals surface area contributed by atoms with Gasteiger partial charge in [0.25, 0.3) is 17.7 Å². The van der Waals surface area contributed by atoms with Gasteiger partial charge in [-0.2, -0.15) is 0 Å². The van der Waals surface area contributed by atoms with Crippen LogP contribution in [-0.4, -0.2) is 87.3 Å². The van der Waals surface area contributed by atoms with E-state index in [-0.39, 0.29) is 31.6 Å². The Labute approximate surface area is 295 Å². The molecule has 272 valence electrons. The summed E-state index contributed by atoms with van der Waals surface area (Å²) in [6, 6.07) is 12.6. The van der Waals surface area contributed by atoms with Crippen LogP contribution in [0.3, 0.4) is 0 Å². The molecule has 51 heavy (non-hydrogen) atoms. The van der Waals surface area contributed by atoms with E-state index in [1.165, 1.54) is 11.8 Å². The number of nitrogens with two attached hydrogens (primary N) is 1. The number of nitrogens with one attached hydrogen (secondary N) is 2. The van der Waals surface area contributed by atoms with Crippen molar-refractivity contribution >= 4 is 29.5 Å². The summed E-state index contributed by atoms with van der Waals surface area (Å²) in [6.45, 7) is 6.95. The molecular formula is C37H44F2N6O6. The molecule has 12 nitrogen and oxygen atoms in total. The third kappa shape index (κ3) is 9.95. The van der Waals surface area contributed by atoms with E-state index in [0.29, 0.717) is 17.8 Å². The van der Waals surface area contributed by atoms with Gasteiger partial charge in [0.2, 0.25) is 11.8 Å². The van der Waals surface area contributed by atoms with E-state index in [1.54, 1.807) is 12.3 Å². The maximum atomic E-state index is 15.0. The SMILES string of the molecule is C[C@H](O)C(=O)N(CC[C@H](N)C(=O)NCCNC(=O)CN1C(=O)C=CC1=O)[C@@H](c1cc(-c2cc(F)ccc2F)cn1Cc1ccccc1)C(C)(C)C. The van der Waals surface area contributed by atoms with Gasteiger partial charge in [-0.05, 0) is 48.6 Å². The van der Waals surface area contributed by atoms with Crippen LogP contribution in [0.5, 0.6) is 0 Å². The van der Waals surface area contributed by atoms with Crippen molar-refractivity contribution in [3.8, 4) is 11.1 Å². The van der Waals surface area contributed by atoms with Gasteiger partial charge in [0.05, 0.1) is 12.1 Å². The van der Waals surface area contributed by atoms with Gasteiger partial charge < -0.3 is 30.9 Å². The van der Waals surface area contributed by atoms with Crippen molar-refractivity contribution in [2.75, 3.05) is 26.2 Å². The minimum Gasteiger partial charge on any atom is -0.384 e. The highest BCUT2D eigenvalue weighted by Crippen LogP contribution is 2.41. The first kappa shape index (κ1) is 38.6. The highest BCUT2D eigenvalue weighted by Gasteiger charge is 2.38. The third-order valence-corrected chi connectivity index (χ3v) is 8.38. The number of aliphatic hydroxyl groups excluding tert-OH is 1. The Hall–Kier alpha value is -5.21. The molecule has 1 aromatic heterocycles. The molecule has 1 aliphatic heterocycles. The van der Waals surface area contributed by atoms with Crippen LogP contribution in [0.1, 0.15) is 51.4 Å². The summed E-state index contributed by atoms with van der Waals surface area (Å²) in [4.78, 5) is 64.3. The van der Waals surface area contributed by atoms with E-state index >= 15 is 4.39 Å². The number of carbonyl (C=O) groups excluding carboxylic acids is 5. The molecule has 2 aromatic carbocycles. The average molecular weight is 707 g/mol. The lowest BCUT2D eigenvalue weighted by Gasteiger charge is -2.41. The summed E-state index contributed by atoms with van der Waals surface area (Å²) in [5, 5.41) is 15.7. The Bertz CT molecular complexity index is 1770. The minimum absolute atomic E-state index is 0.000190. The van der Waals surface area contributed by atoms with Crippen LogP contribution in [0.25, 0.3) is 11.1 Å². The van der Waals surface area contributed by atoms with Crippen LogP contribution in [-0.2, 0) is 30.5 Å². The predicted molar refractivity (Wildman–Crippen MR) is 185 cm³/mol. The maximum Gasteiger partial charge on any atom is 0.254 e. The summed E-state index contributed by atoms with van der Waals surface area (Å²) in [7, 11) is 0. The molecule has 0 saturated carbocycles. The molecule has 0 saturated heterocycles. The van der Waals surface area contributed by atoms with Gasteiger partial charge in [-0.15, -0.1) is 0 Å². The smallest absolute Gasteiger partial charge is 0.254 e. The topological polar surface area (TPSA) is 167 Å². The van der Waals surface area contributed by atoms with Crippen molar-refractivity contribution in [2.45, 2.75) is 58.8 Å². The summed E-state index contributed by atoms with van der Waals surface area (Å²) in [5.41, 5.74) is 7.55. The Morgan fingerprint density at radius 3 is 2.24 bits per heavy atom. The molecule has 1 aliphatic rings. The molecule has 0 bridgehead atoms. The monoisotopic (exact) mass is 706 g/mol. The van der Waals surface area contributed by atoms with Gasteiger partial charge in [0.15, 0.2) is 0 Å². The minimum atomic E-state index is -1.40. The molecule has 0 spiro atoms. The molecule has 0 aliphatic carbocycles. The van der Waals surface area contributed by atoms with Crippen LogP contribution in [0.2, 0.25) is 0 Å². The highest BCUT2D eigenvalue weighted by molar-refractivity contribution is 6.14. The van der Waals surface area contributed by atoms with Crippen molar-refractivity contribution < 1.29 is 37.9 Å². The van der Waals surface area contributed by atoms with E-state index in [2.05, 4.69) is 10.6 Å². The van der Waals surface area contributed by atoms with Gasteiger partial charge in [0.1, 0.15) is 24.3 Å². The van der Waals surface area contributed by atoms with E-state index in [0.717, 1.165) is 40.8 Å². The second kappa shape index (κ2) is 16.7. The molecule has 5 N–H and O–H groups in total. The first-order chi connectivity index (χ1) is 24.1. The third-order valence-electron chi connectivity index (χ3n) is 8.38. The van der Waals surface area contributed by atoms with Crippen LogP contribution < -0.4 is 16.4 Å². The number of carbonyl (C=O) groups is 5. The molecule has 0 unspecified atom stereocenters. The Balaban J connectivity index is 1.53. The van der Waals surface area contributed by atoms with Crippen LogP contribution in [0.4, 0.5) is 8.78 Å². The molecule has 0 radical (unpaired) electrons. The number of aromatic nitrogens is 1. The molecule has 4 rings (SSSR count). The molecule has 0 fully saturated rings. The number of imide groups is 1. The number of hydrogen-bond acceptors (Lipinski definition) is 7. The first-order valence-corrected chi connectivity index (χ1v) is 16.6. The first-order valence-electron chi connectivity index (χ1n) is 16.6. The average Bonchev–Trinajstić information content (AvgIpc) is 3.62. The number of benzene rings is 2. The number of hydrogen-bond donors (Lipinski definition) is 4. The lowest BCUT2D eigenvalue weighted by molar-refractivity contribution is -0.145. The lowest BCUT2D eigenvalue weighted by Crippen LogP contribution is -2.49. The van der Waals surface area contributed by atoms with Crippen LogP contribution >= 0.6 is 0 Å². The fourth-order valence-corrected chi connectivity index (χ4v) is 5.93. The van der Waals surface area contributed by atoms with Crippen molar-refractivity contribution in [1.29, 1.82) is 0 Å². The van der Waals surface area contributed by atoms with Crippen molar-refractivity contribution in [1.82, 2.24) is 25.0 Å².